The summed E-state index contributed by atoms with van der Waals surface area (Å²) in [6, 6.07) is 77.8. The molecule has 0 unspecified atom stereocenters. The number of hydrogen-bond donors (Lipinski definition) is 0. The van der Waals surface area contributed by atoms with Gasteiger partial charge in [-0.3, -0.25) is 0 Å². The lowest BCUT2D eigenvalue weighted by Crippen LogP contribution is -2.10. The Bertz CT molecular complexity index is 3120. The molecule has 11 rings (SSSR count). The van der Waals surface area contributed by atoms with E-state index in [0.29, 0.717) is 0 Å². The smallest absolute Gasteiger partial charge is 0.143 e. The van der Waals surface area contributed by atoms with E-state index in [0.717, 1.165) is 61.3 Å². The maximum atomic E-state index is 6.87. The van der Waals surface area contributed by atoms with E-state index >= 15 is 0 Å². The molecule has 0 bridgehead atoms. The molecule has 0 amide bonds. The monoisotopic (exact) mass is 728 g/mol. The quantitative estimate of drug-likeness (QED) is 0.163. The van der Waals surface area contributed by atoms with Crippen molar-refractivity contribution >= 4 is 60.8 Å². The van der Waals surface area contributed by atoms with Crippen molar-refractivity contribution in [3.8, 4) is 39.1 Å². The summed E-state index contributed by atoms with van der Waals surface area (Å²) in [5.74, 6) is 0. The molecular formula is C54H36N2O. The summed E-state index contributed by atoms with van der Waals surface area (Å²) in [7, 11) is 0. The first-order valence-electron chi connectivity index (χ1n) is 19.4. The molecule has 0 aliphatic heterocycles. The van der Waals surface area contributed by atoms with Crippen molar-refractivity contribution in [3.63, 3.8) is 0 Å². The molecular weight excluding hydrogens is 693 g/mol. The maximum Gasteiger partial charge on any atom is 0.143 e. The number of hydrogen-bond acceptors (Lipinski definition) is 2. The molecule has 0 aliphatic rings. The predicted octanol–water partition coefficient (Wildman–Crippen LogP) is 15.2. The fraction of sp³-hybridized carbons (Fsp3) is 0. The summed E-state index contributed by atoms with van der Waals surface area (Å²) in [6.45, 7) is 0. The molecule has 0 fully saturated rings. The Kier molecular flexibility index (Phi) is 7.82. The lowest BCUT2D eigenvalue weighted by molar-refractivity contribution is 0.670. The van der Waals surface area contributed by atoms with Crippen molar-refractivity contribution in [3.05, 3.63) is 218 Å². The maximum absolute atomic E-state index is 6.87. The van der Waals surface area contributed by atoms with Crippen LogP contribution in [0.3, 0.4) is 0 Å². The second-order valence-corrected chi connectivity index (χ2v) is 14.5. The standard InChI is InChI=1S/C54H36N2O/c1-4-14-37(15-5-1)39-26-30-43(31-27-39)55(44-32-28-40(29-33-44)38-16-6-2-7-17-38)45-21-12-18-41(36-45)46-23-13-24-48-53-51(57-54(46)48)35-34-50-52(53)47-22-10-11-25-49(47)56(50)42-19-8-3-9-20-42/h1-36H. The van der Waals surface area contributed by atoms with Gasteiger partial charge in [0.2, 0.25) is 0 Å². The SMILES string of the molecule is c1ccc(-c2ccc(N(c3ccc(-c4ccccc4)cc3)c3cccc(-c4cccc5c4oc4ccc6c(c7ccccc7n6-c6ccccc6)c45)c3)cc2)cc1. The molecule has 11 aromatic rings. The van der Waals surface area contributed by atoms with Crippen LogP contribution in [-0.2, 0) is 0 Å². The third-order valence-electron chi connectivity index (χ3n) is 11.2. The van der Waals surface area contributed by atoms with E-state index in [4.69, 9.17) is 4.42 Å². The van der Waals surface area contributed by atoms with Gasteiger partial charge in [0.15, 0.2) is 0 Å². The highest BCUT2D eigenvalue weighted by molar-refractivity contribution is 6.28. The van der Waals surface area contributed by atoms with E-state index in [2.05, 4.69) is 228 Å². The van der Waals surface area contributed by atoms with Crippen LogP contribution in [0.15, 0.2) is 223 Å². The molecule has 9 aromatic carbocycles. The Morgan fingerprint density at radius 1 is 0.351 bits per heavy atom. The van der Waals surface area contributed by atoms with Gasteiger partial charge in [-0.25, -0.2) is 0 Å². The fourth-order valence-electron chi connectivity index (χ4n) is 8.56. The fourth-order valence-corrected chi connectivity index (χ4v) is 8.56. The number of nitrogens with zero attached hydrogens (tertiary/aromatic N) is 2. The van der Waals surface area contributed by atoms with Crippen molar-refractivity contribution in [2.24, 2.45) is 0 Å². The van der Waals surface area contributed by atoms with Crippen LogP contribution in [0.25, 0.3) is 82.8 Å². The Hall–Kier alpha value is -7.62. The van der Waals surface area contributed by atoms with Crippen LogP contribution < -0.4 is 4.90 Å². The molecule has 0 aliphatic carbocycles. The van der Waals surface area contributed by atoms with E-state index in [1.165, 1.54) is 38.5 Å². The van der Waals surface area contributed by atoms with Crippen LogP contribution in [0.5, 0.6) is 0 Å². The van der Waals surface area contributed by atoms with Crippen LogP contribution in [0.4, 0.5) is 17.1 Å². The number of fused-ring (bicyclic) bond motifs is 7. The lowest BCUT2D eigenvalue weighted by atomic mass is 9.99. The minimum absolute atomic E-state index is 0.885. The predicted molar refractivity (Wildman–Crippen MR) is 239 cm³/mol. The summed E-state index contributed by atoms with van der Waals surface area (Å²) in [4.78, 5) is 2.34. The van der Waals surface area contributed by atoms with E-state index < -0.39 is 0 Å². The molecule has 0 atom stereocenters. The lowest BCUT2D eigenvalue weighted by Gasteiger charge is -2.26. The summed E-state index contributed by atoms with van der Waals surface area (Å²) >= 11 is 0. The summed E-state index contributed by atoms with van der Waals surface area (Å²) in [5, 5.41) is 4.68. The highest BCUT2D eigenvalue weighted by Crippen LogP contribution is 2.45. The van der Waals surface area contributed by atoms with Crippen molar-refractivity contribution in [2.45, 2.75) is 0 Å². The number of para-hydroxylation sites is 3. The minimum atomic E-state index is 0.885. The van der Waals surface area contributed by atoms with Gasteiger partial charge in [0, 0.05) is 49.9 Å². The third-order valence-corrected chi connectivity index (χ3v) is 11.2. The molecule has 268 valence electrons. The Balaban J connectivity index is 1.06. The number of aromatic nitrogens is 1. The second kappa shape index (κ2) is 13.6. The molecule has 3 heteroatoms. The summed E-state index contributed by atoms with van der Waals surface area (Å²) in [5.41, 5.74) is 15.4. The molecule has 0 N–H and O–H groups in total. The van der Waals surface area contributed by atoms with E-state index in [-0.39, 0.29) is 0 Å². The summed E-state index contributed by atoms with van der Waals surface area (Å²) in [6.07, 6.45) is 0. The van der Waals surface area contributed by atoms with Gasteiger partial charge in [-0.05, 0) is 94.5 Å². The molecule has 0 saturated heterocycles. The van der Waals surface area contributed by atoms with Crippen LogP contribution in [0, 0.1) is 0 Å². The van der Waals surface area contributed by atoms with Gasteiger partial charge in [-0.15, -0.1) is 0 Å². The minimum Gasteiger partial charge on any atom is -0.455 e. The Labute approximate surface area is 330 Å². The number of anilines is 3. The zero-order chi connectivity index (χ0) is 37.7. The third kappa shape index (κ3) is 5.60. The first kappa shape index (κ1) is 32.8. The summed E-state index contributed by atoms with van der Waals surface area (Å²) < 4.78 is 9.23. The van der Waals surface area contributed by atoms with Gasteiger partial charge in [0.1, 0.15) is 11.2 Å². The molecule has 0 saturated carbocycles. The molecule has 2 heterocycles. The number of rotatable bonds is 7. The Morgan fingerprint density at radius 3 is 1.56 bits per heavy atom. The highest BCUT2D eigenvalue weighted by atomic mass is 16.3. The van der Waals surface area contributed by atoms with Crippen LogP contribution in [0.1, 0.15) is 0 Å². The molecule has 57 heavy (non-hydrogen) atoms. The van der Waals surface area contributed by atoms with Gasteiger partial charge in [0.25, 0.3) is 0 Å². The van der Waals surface area contributed by atoms with Crippen LogP contribution >= 0.6 is 0 Å². The van der Waals surface area contributed by atoms with Gasteiger partial charge < -0.3 is 13.9 Å². The average molecular weight is 729 g/mol. The Morgan fingerprint density at radius 2 is 0.895 bits per heavy atom. The van der Waals surface area contributed by atoms with Crippen LogP contribution in [0.2, 0.25) is 0 Å². The topological polar surface area (TPSA) is 21.3 Å². The zero-order valence-corrected chi connectivity index (χ0v) is 31.1. The van der Waals surface area contributed by atoms with E-state index in [9.17, 15) is 0 Å². The van der Waals surface area contributed by atoms with Crippen molar-refractivity contribution in [1.29, 1.82) is 0 Å². The first-order chi connectivity index (χ1) is 28.3. The number of furan rings is 1. The molecule has 2 aromatic heterocycles. The van der Waals surface area contributed by atoms with Gasteiger partial charge in [-0.2, -0.15) is 0 Å². The van der Waals surface area contributed by atoms with E-state index in [1.54, 1.807) is 0 Å². The van der Waals surface area contributed by atoms with Crippen molar-refractivity contribution in [1.82, 2.24) is 4.57 Å². The average Bonchev–Trinajstić information content (AvgIpc) is 3.84. The first-order valence-corrected chi connectivity index (χ1v) is 19.4. The highest BCUT2D eigenvalue weighted by Gasteiger charge is 2.21. The second-order valence-electron chi connectivity index (χ2n) is 14.5. The largest absolute Gasteiger partial charge is 0.455 e. The normalized spacial score (nSPS) is 11.5. The van der Waals surface area contributed by atoms with Crippen molar-refractivity contribution < 1.29 is 4.42 Å². The van der Waals surface area contributed by atoms with Crippen LogP contribution in [-0.4, -0.2) is 4.57 Å². The van der Waals surface area contributed by atoms with Gasteiger partial charge in [0.05, 0.1) is 11.0 Å². The molecule has 3 nitrogen and oxygen atoms in total. The van der Waals surface area contributed by atoms with Gasteiger partial charge >= 0.3 is 0 Å². The molecule has 0 radical (unpaired) electrons. The molecule has 0 spiro atoms. The van der Waals surface area contributed by atoms with Crippen molar-refractivity contribution in [2.75, 3.05) is 4.90 Å². The zero-order valence-electron chi connectivity index (χ0n) is 31.1. The van der Waals surface area contributed by atoms with Gasteiger partial charge in [-0.1, -0.05) is 152 Å². The number of benzene rings is 9. The van der Waals surface area contributed by atoms with E-state index in [1.807, 2.05) is 0 Å².